The lowest BCUT2D eigenvalue weighted by Crippen LogP contribution is -2.51. The van der Waals surface area contributed by atoms with E-state index in [0.717, 1.165) is 17.7 Å². The number of hydrogen-bond donors (Lipinski definition) is 4. The van der Waals surface area contributed by atoms with Crippen LogP contribution >= 0.6 is 0 Å². The van der Waals surface area contributed by atoms with Crippen LogP contribution in [0.5, 0.6) is 0 Å². The molecule has 4 aliphatic carbocycles. The van der Waals surface area contributed by atoms with E-state index in [9.17, 15) is 15.3 Å². The predicted molar refractivity (Wildman–Crippen MR) is 103 cm³/mol. The van der Waals surface area contributed by atoms with Crippen LogP contribution in [0.3, 0.4) is 0 Å². The Labute approximate surface area is 168 Å². The van der Waals surface area contributed by atoms with Crippen molar-refractivity contribution in [3.8, 4) is 0 Å². The first-order valence-electron chi connectivity index (χ1n) is 10.7. The Balaban J connectivity index is 1.30. The molecule has 0 radical (unpaired) electrons. The Bertz CT molecular complexity index is 891. The van der Waals surface area contributed by atoms with Crippen molar-refractivity contribution in [2.24, 2.45) is 23.7 Å². The van der Waals surface area contributed by atoms with Gasteiger partial charge in [-0.2, -0.15) is 0 Å². The van der Waals surface area contributed by atoms with Crippen LogP contribution in [0.15, 0.2) is 12.7 Å². The van der Waals surface area contributed by atoms with Crippen LogP contribution in [0.1, 0.15) is 38.3 Å². The van der Waals surface area contributed by atoms with Gasteiger partial charge in [0.05, 0.1) is 12.9 Å². The summed E-state index contributed by atoms with van der Waals surface area (Å²) in [6, 6.07) is 0.431. The molecule has 5 fully saturated rings. The molecule has 1 saturated heterocycles. The van der Waals surface area contributed by atoms with Gasteiger partial charge in [-0.15, -0.1) is 0 Å². The normalized spacial score (nSPS) is 43.3. The van der Waals surface area contributed by atoms with Crippen LogP contribution in [-0.4, -0.2) is 65.8 Å². The third-order valence-corrected chi connectivity index (χ3v) is 7.68. The second kappa shape index (κ2) is 6.60. The molecule has 2 aromatic heterocycles. The molecule has 0 unspecified atom stereocenters. The fourth-order valence-corrected chi connectivity index (χ4v) is 6.57. The van der Waals surface area contributed by atoms with Crippen molar-refractivity contribution in [2.75, 3.05) is 11.9 Å². The number of imidazole rings is 1. The molecule has 4 N–H and O–H groups in total. The molecule has 4 bridgehead atoms. The zero-order chi connectivity index (χ0) is 19.7. The standard InChI is InChI=1S/C20H27N5O4/c26-6-13-16(27)17(28)20(29-13)25-8-23-15-18(21-7-22-19(15)25)24-14-11-2-9-1-10(4-11)5-12(14)3-9/h7-14,16-17,20,26-28H,1-6H2,(H,21,22,24)/t9?,10?,11?,12?,13-,14?,16-,17-,20-/m1/s1. The van der Waals surface area contributed by atoms with Crippen LogP contribution in [0.4, 0.5) is 5.82 Å². The average molecular weight is 401 g/mol. The number of aromatic nitrogens is 4. The summed E-state index contributed by atoms with van der Waals surface area (Å²) < 4.78 is 7.26. The minimum atomic E-state index is -1.17. The molecule has 7 rings (SSSR count). The van der Waals surface area contributed by atoms with Gasteiger partial charge in [0.1, 0.15) is 24.6 Å². The fraction of sp³-hybridized carbons (Fsp3) is 0.750. The summed E-state index contributed by atoms with van der Waals surface area (Å²) in [5.74, 6) is 3.95. The van der Waals surface area contributed by atoms with Gasteiger partial charge in [0.25, 0.3) is 0 Å². The maximum atomic E-state index is 10.4. The Hall–Kier alpha value is -1.81. The Morgan fingerprint density at radius 1 is 1.00 bits per heavy atom. The molecule has 3 heterocycles. The summed E-state index contributed by atoms with van der Waals surface area (Å²) >= 11 is 0. The summed E-state index contributed by atoms with van der Waals surface area (Å²) in [5, 5.41) is 33.5. The molecule has 9 heteroatoms. The lowest BCUT2D eigenvalue weighted by Gasteiger charge is -2.54. The molecule has 5 aliphatic rings. The van der Waals surface area contributed by atoms with Crippen molar-refractivity contribution in [3.63, 3.8) is 0 Å². The molecular formula is C20H27N5O4. The van der Waals surface area contributed by atoms with Crippen molar-refractivity contribution in [1.29, 1.82) is 0 Å². The fourth-order valence-electron chi connectivity index (χ4n) is 6.57. The smallest absolute Gasteiger partial charge is 0.167 e. The highest BCUT2D eigenvalue weighted by molar-refractivity contribution is 5.82. The van der Waals surface area contributed by atoms with E-state index in [4.69, 9.17) is 4.74 Å². The van der Waals surface area contributed by atoms with Crippen LogP contribution in [0.25, 0.3) is 11.2 Å². The van der Waals surface area contributed by atoms with Gasteiger partial charge in [-0.05, 0) is 55.8 Å². The highest BCUT2D eigenvalue weighted by Crippen LogP contribution is 2.54. The van der Waals surface area contributed by atoms with Gasteiger partial charge < -0.3 is 25.4 Å². The molecule has 0 spiro atoms. The quantitative estimate of drug-likeness (QED) is 0.589. The van der Waals surface area contributed by atoms with Gasteiger partial charge >= 0.3 is 0 Å². The Kier molecular flexibility index (Phi) is 4.09. The molecule has 29 heavy (non-hydrogen) atoms. The Morgan fingerprint density at radius 2 is 1.72 bits per heavy atom. The van der Waals surface area contributed by atoms with E-state index in [1.807, 2.05) is 0 Å². The van der Waals surface area contributed by atoms with E-state index < -0.39 is 24.5 Å². The topological polar surface area (TPSA) is 126 Å². The van der Waals surface area contributed by atoms with Gasteiger partial charge in [0.15, 0.2) is 23.2 Å². The van der Waals surface area contributed by atoms with Gasteiger partial charge in [0.2, 0.25) is 0 Å². The average Bonchev–Trinajstić information content (AvgIpc) is 3.26. The first kappa shape index (κ1) is 18.0. The number of anilines is 1. The summed E-state index contributed by atoms with van der Waals surface area (Å²) in [4.78, 5) is 13.3. The number of aliphatic hydroxyl groups is 3. The maximum Gasteiger partial charge on any atom is 0.167 e. The number of hydrogen-bond acceptors (Lipinski definition) is 8. The summed E-state index contributed by atoms with van der Waals surface area (Å²) in [6.45, 7) is -0.365. The molecule has 0 aromatic carbocycles. The molecule has 0 amide bonds. The van der Waals surface area contributed by atoms with E-state index >= 15 is 0 Å². The summed E-state index contributed by atoms with van der Waals surface area (Å²) in [6.07, 6.45) is 5.73. The number of ether oxygens (including phenoxy) is 1. The van der Waals surface area contributed by atoms with Crippen molar-refractivity contribution >= 4 is 17.0 Å². The van der Waals surface area contributed by atoms with Crippen LogP contribution in [-0.2, 0) is 4.74 Å². The molecular weight excluding hydrogens is 374 g/mol. The lowest BCUT2D eigenvalue weighted by atomic mass is 9.54. The van der Waals surface area contributed by atoms with Crippen molar-refractivity contribution < 1.29 is 20.1 Å². The number of nitrogens with one attached hydrogen (secondary N) is 1. The van der Waals surface area contributed by atoms with E-state index in [2.05, 4.69) is 20.3 Å². The SMILES string of the molecule is OC[C@H]1O[C@@H](n2cnc3c(NC4C5CC6CC(C5)CC4C6)ncnc32)[C@H](O)[C@@H]1O. The zero-order valence-electron chi connectivity index (χ0n) is 16.1. The van der Waals surface area contributed by atoms with Crippen LogP contribution in [0.2, 0.25) is 0 Å². The molecule has 4 saturated carbocycles. The number of nitrogens with zero attached hydrogens (tertiary/aromatic N) is 4. The van der Waals surface area contributed by atoms with Crippen LogP contribution < -0.4 is 5.32 Å². The highest BCUT2D eigenvalue weighted by Gasteiger charge is 2.48. The van der Waals surface area contributed by atoms with Crippen molar-refractivity contribution in [2.45, 2.75) is 62.7 Å². The van der Waals surface area contributed by atoms with E-state index in [1.54, 1.807) is 10.9 Å². The number of rotatable bonds is 4. The van der Waals surface area contributed by atoms with E-state index in [-0.39, 0.29) is 6.61 Å². The first-order valence-corrected chi connectivity index (χ1v) is 10.7. The molecule has 4 atom stereocenters. The minimum absolute atomic E-state index is 0.365. The van der Waals surface area contributed by atoms with Gasteiger partial charge in [-0.25, -0.2) is 15.0 Å². The van der Waals surface area contributed by atoms with Crippen LogP contribution in [0, 0.1) is 23.7 Å². The molecule has 1 aliphatic heterocycles. The van der Waals surface area contributed by atoms with Gasteiger partial charge in [0, 0.05) is 6.04 Å². The largest absolute Gasteiger partial charge is 0.394 e. The number of fused-ring (bicyclic) bond motifs is 1. The lowest BCUT2D eigenvalue weighted by molar-refractivity contribution is -0.0511. The molecule has 2 aromatic rings. The second-order valence-electron chi connectivity index (χ2n) is 9.38. The van der Waals surface area contributed by atoms with E-state index in [0.29, 0.717) is 29.0 Å². The third kappa shape index (κ3) is 2.71. The highest BCUT2D eigenvalue weighted by atomic mass is 16.6. The second-order valence-corrected chi connectivity index (χ2v) is 9.38. The number of aliphatic hydroxyl groups excluding tert-OH is 3. The summed E-state index contributed by atoms with van der Waals surface area (Å²) in [5.41, 5.74) is 1.18. The van der Waals surface area contributed by atoms with Crippen molar-refractivity contribution in [1.82, 2.24) is 19.5 Å². The maximum absolute atomic E-state index is 10.4. The molecule has 156 valence electrons. The first-order chi connectivity index (χ1) is 14.1. The predicted octanol–water partition coefficient (Wildman–Crippen LogP) is 0.674. The zero-order valence-corrected chi connectivity index (χ0v) is 16.1. The van der Waals surface area contributed by atoms with E-state index in [1.165, 1.54) is 38.4 Å². The van der Waals surface area contributed by atoms with Gasteiger partial charge in [-0.3, -0.25) is 4.57 Å². The molecule has 9 nitrogen and oxygen atoms in total. The monoisotopic (exact) mass is 401 g/mol. The summed E-state index contributed by atoms with van der Waals surface area (Å²) in [7, 11) is 0. The third-order valence-electron chi connectivity index (χ3n) is 7.68. The van der Waals surface area contributed by atoms with Crippen molar-refractivity contribution in [3.05, 3.63) is 12.7 Å². The Morgan fingerprint density at radius 3 is 2.38 bits per heavy atom. The minimum Gasteiger partial charge on any atom is -0.394 e. The van der Waals surface area contributed by atoms with Gasteiger partial charge in [-0.1, -0.05) is 0 Å².